The standard InChI is InChI=1S/C15H20O3/c1-9-5-4-6-15(3)13(18-15)8-11-10(2)14(16)17-12(11)7-9/h5,11-13H,2,4,6-8H2,1,3H3/b9-5+/t11-,12+,13-,15+/m1/s1. The average molecular weight is 248 g/mol. The number of allylic oxidation sites excluding steroid dienone is 1. The Balaban J connectivity index is 1.86. The van der Waals surface area contributed by atoms with Gasteiger partial charge in [0.25, 0.3) is 0 Å². The van der Waals surface area contributed by atoms with Crippen LogP contribution in [0.1, 0.15) is 39.5 Å². The van der Waals surface area contributed by atoms with E-state index in [1.807, 2.05) is 0 Å². The number of hydrogen-bond donors (Lipinski definition) is 0. The highest BCUT2D eigenvalue weighted by molar-refractivity contribution is 5.90. The van der Waals surface area contributed by atoms with Crippen molar-refractivity contribution in [3.05, 3.63) is 23.8 Å². The van der Waals surface area contributed by atoms with Gasteiger partial charge in [-0.05, 0) is 33.1 Å². The number of carbonyl (C=O) groups excluding carboxylic acids is 1. The highest BCUT2D eigenvalue weighted by atomic mass is 16.6. The van der Waals surface area contributed by atoms with Crippen LogP contribution in [0.5, 0.6) is 0 Å². The lowest BCUT2D eigenvalue weighted by atomic mass is 9.84. The van der Waals surface area contributed by atoms with E-state index in [-0.39, 0.29) is 29.7 Å². The van der Waals surface area contributed by atoms with Crippen molar-refractivity contribution in [1.82, 2.24) is 0 Å². The van der Waals surface area contributed by atoms with Crippen molar-refractivity contribution in [2.24, 2.45) is 5.92 Å². The minimum Gasteiger partial charge on any atom is -0.458 e. The number of rotatable bonds is 0. The third-order valence-electron chi connectivity index (χ3n) is 4.58. The predicted octanol–water partition coefficient (Wildman–Crippen LogP) is 2.76. The number of hydrogen-bond acceptors (Lipinski definition) is 3. The van der Waals surface area contributed by atoms with Crippen LogP contribution in [0.25, 0.3) is 0 Å². The summed E-state index contributed by atoms with van der Waals surface area (Å²) in [6.45, 7) is 8.17. The molecule has 0 amide bonds. The second kappa shape index (κ2) is 3.95. The second-order valence-electron chi connectivity index (χ2n) is 6.02. The van der Waals surface area contributed by atoms with Gasteiger partial charge in [-0.1, -0.05) is 18.2 Å². The number of fused-ring (bicyclic) bond motifs is 2. The van der Waals surface area contributed by atoms with Gasteiger partial charge in [-0.15, -0.1) is 0 Å². The van der Waals surface area contributed by atoms with Gasteiger partial charge < -0.3 is 9.47 Å². The molecule has 0 N–H and O–H groups in total. The van der Waals surface area contributed by atoms with Gasteiger partial charge in [-0.3, -0.25) is 0 Å². The molecule has 18 heavy (non-hydrogen) atoms. The molecule has 3 rings (SSSR count). The average Bonchev–Trinajstić information content (AvgIpc) is 2.86. The van der Waals surface area contributed by atoms with Crippen LogP contribution in [0, 0.1) is 5.92 Å². The summed E-state index contributed by atoms with van der Waals surface area (Å²) in [5.74, 6) is -0.0924. The monoisotopic (exact) mass is 248 g/mol. The summed E-state index contributed by atoms with van der Waals surface area (Å²) in [5.41, 5.74) is 1.94. The number of ether oxygens (including phenoxy) is 2. The highest BCUT2D eigenvalue weighted by Crippen LogP contribution is 2.48. The Bertz CT molecular complexity index is 437. The van der Waals surface area contributed by atoms with Crippen molar-refractivity contribution in [2.45, 2.75) is 57.3 Å². The van der Waals surface area contributed by atoms with Crippen LogP contribution < -0.4 is 0 Å². The molecule has 98 valence electrons. The lowest BCUT2D eigenvalue weighted by molar-refractivity contribution is -0.139. The first-order valence-electron chi connectivity index (χ1n) is 6.73. The largest absolute Gasteiger partial charge is 0.458 e. The Hall–Kier alpha value is -1.09. The zero-order valence-electron chi connectivity index (χ0n) is 11.1. The van der Waals surface area contributed by atoms with Gasteiger partial charge in [0.1, 0.15) is 6.10 Å². The molecule has 0 bridgehead atoms. The summed E-state index contributed by atoms with van der Waals surface area (Å²) in [6.07, 6.45) is 6.30. The van der Waals surface area contributed by atoms with E-state index in [0.29, 0.717) is 5.57 Å². The molecule has 2 saturated heterocycles. The normalized spacial score (nSPS) is 46.6. The third-order valence-corrected chi connectivity index (χ3v) is 4.58. The smallest absolute Gasteiger partial charge is 0.334 e. The van der Waals surface area contributed by atoms with Crippen molar-refractivity contribution in [3.63, 3.8) is 0 Å². The highest BCUT2D eigenvalue weighted by Gasteiger charge is 2.54. The number of carbonyl (C=O) groups is 1. The van der Waals surface area contributed by atoms with E-state index in [4.69, 9.17) is 9.47 Å². The quantitative estimate of drug-likeness (QED) is 0.286. The second-order valence-corrected chi connectivity index (χ2v) is 6.02. The number of epoxide rings is 1. The van der Waals surface area contributed by atoms with Gasteiger partial charge in [0.2, 0.25) is 0 Å². The van der Waals surface area contributed by atoms with Gasteiger partial charge in [0.05, 0.1) is 11.7 Å². The first kappa shape index (κ1) is 12.0. The molecule has 0 radical (unpaired) electrons. The van der Waals surface area contributed by atoms with Crippen molar-refractivity contribution in [2.75, 3.05) is 0 Å². The molecule has 1 aliphatic carbocycles. The lowest BCUT2D eigenvalue weighted by Crippen LogP contribution is -2.22. The van der Waals surface area contributed by atoms with Crippen LogP contribution >= 0.6 is 0 Å². The van der Waals surface area contributed by atoms with Crippen LogP contribution in [0.3, 0.4) is 0 Å². The van der Waals surface area contributed by atoms with Gasteiger partial charge >= 0.3 is 5.97 Å². The minimum atomic E-state index is -0.223. The first-order chi connectivity index (χ1) is 8.49. The third kappa shape index (κ3) is 1.91. The van der Waals surface area contributed by atoms with E-state index in [1.165, 1.54) is 5.57 Å². The van der Waals surface area contributed by atoms with Crippen LogP contribution in [0.2, 0.25) is 0 Å². The molecular formula is C15H20O3. The van der Waals surface area contributed by atoms with Crippen LogP contribution in [0.15, 0.2) is 23.8 Å². The molecule has 0 unspecified atom stereocenters. The fraction of sp³-hybridized carbons (Fsp3) is 0.667. The lowest BCUT2D eigenvalue weighted by Gasteiger charge is -2.19. The summed E-state index contributed by atoms with van der Waals surface area (Å²) in [5, 5.41) is 0. The van der Waals surface area contributed by atoms with Crippen molar-refractivity contribution in [1.29, 1.82) is 0 Å². The molecule has 0 aromatic heterocycles. The molecule has 2 fully saturated rings. The summed E-state index contributed by atoms with van der Waals surface area (Å²) < 4.78 is 11.3. The Kier molecular flexibility index (Phi) is 2.63. The molecule has 3 nitrogen and oxygen atoms in total. The van der Waals surface area contributed by atoms with E-state index in [9.17, 15) is 4.79 Å². The van der Waals surface area contributed by atoms with Crippen LogP contribution in [-0.4, -0.2) is 23.8 Å². The maximum Gasteiger partial charge on any atom is 0.334 e. The molecule has 3 heteroatoms. The predicted molar refractivity (Wildman–Crippen MR) is 68.0 cm³/mol. The molecular weight excluding hydrogens is 228 g/mol. The molecule has 0 spiro atoms. The Morgan fingerprint density at radius 1 is 1.50 bits per heavy atom. The van der Waals surface area contributed by atoms with Crippen molar-refractivity contribution >= 4 is 5.97 Å². The van der Waals surface area contributed by atoms with Crippen LogP contribution in [0.4, 0.5) is 0 Å². The van der Waals surface area contributed by atoms with Gasteiger partial charge in [0, 0.05) is 17.9 Å². The Morgan fingerprint density at radius 3 is 3.06 bits per heavy atom. The van der Waals surface area contributed by atoms with E-state index >= 15 is 0 Å². The molecule has 2 heterocycles. The molecule has 0 saturated carbocycles. The SMILES string of the molecule is C=C1C(=O)O[C@H]2C/C(C)=C/CC[C@]3(C)O[C@@H]3C[C@H]12. The van der Waals surface area contributed by atoms with Gasteiger partial charge in [-0.25, -0.2) is 4.79 Å². The topological polar surface area (TPSA) is 38.8 Å². The van der Waals surface area contributed by atoms with E-state index in [1.54, 1.807) is 0 Å². The van der Waals surface area contributed by atoms with Crippen molar-refractivity contribution < 1.29 is 14.3 Å². The van der Waals surface area contributed by atoms with E-state index in [0.717, 1.165) is 25.7 Å². The molecule has 3 aliphatic rings. The van der Waals surface area contributed by atoms with Gasteiger partial charge in [0.15, 0.2) is 0 Å². The Morgan fingerprint density at radius 2 is 2.28 bits per heavy atom. The molecule has 4 atom stereocenters. The van der Waals surface area contributed by atoms with Crippen molar-refractivity contribution in [3.8, 4) is 0 Å². The van der Waals surface area contributed by atoms with Crippen LogP contribution in [-0.2, 0) is 14.3 Å². The number of esters is 1. The minimum absolute atomic E-state index is 0.00455. The fourth-order valence-electron chi connectivity index (χ4n) is 3.19. The van der Waals surface area contributed by atoms with E-state index in [2.05, 4.69) is 26.5 Å². The molecule has 0 aromatic carbocycles. The fourth-order valence-corrected chi connectivity index (χ4v) is 3.19. The zero-order chi connectivity index (χ0) is 12.9. The maximum absolute atomic E-state index is 11.7. The maximum atomic E-state index is 11.7. The zero-order valence-corrected chi connectivity index (χ0v) is 11.1. The Labute approximate surface area is 108 Å². The molecule has 0 aromatic rings. The van der Waals surface area contributed by atoms with E-state index < -0.39 is 0 Å². The van der Waals surface area contributed by atoms with Gasteiger partial charge in [-0.2, -0.15) is 0 Å². The summed E-state index contributed by atoms with van der Waals surface area (Å²) in [6, 6.07) is 0. The summed E-state index contributed by atoms with van der Waals surface area (Å²) in [7, 11) is 0. The first-order valence-corrected chi connectivity index (χ1v) is 6.73. The molecule has 2 aliphatic heterocycles. The summed E-state index contributed by atoms with van der Waals surface area (Å²) >= 11 is 0. The summed E-state index contributed by atoms with van der Waals surface area (Å²) in [4.78, 5) is 11.7.